The Labute approximate surface area is 482 Å². The van der Waals surface area contributed by atoms with Crippen LogP contribution in [-0.4, -0.2) is 37.2 Å². The van der Waals surface area contributed by atoms with Crippen molar-refractivity contribution in [3.05, 3.63) is 109 Å². The van der Waals surface area contributed by atoms with Crippen molar-refractivity contribution in [3.8, 4) is 0 Å². The molecule has 446 valence electrons. The summed E-state index contributed by atoms with van der Waals surface area (Å²) in [6.07, 6.45) is 89.9. The number of carbonyl (C=O) groups is 3. The van der Waals surface area contributed by atoms with Crippen molar-refractivity contribution in [1.82, 2.24) is 0 Å². The molecule has 6 heteroatoms. The first-order valence-electron chi connectivity index (χ1n) is 32.9. The highest BCUT2D eigenvalue weighted by Crippen LogP contribution is 2.17. The lowest BCUT2D eigenvalue weighted by molar-refractivity contribution is -0.167. The van der Waals surface area contributed by atoms with E-state index >= 15 is 0 Å². The van der Waals surface area contributed by atoms with Gasteiger partial charge in [0, 0.05) is 19.3 Å². The molecular formula is C72H122O6. The number of ether oxygens (including phenoxy) is 3. The molecule has 0 spiro atoms. The lowest BCUT2D eigenvalue weighted by Gasteiger charge is -2.18. The van der Waals surface area contributed by atoms with Gasteiger partial charge in [-0.1, -0.05) is 304 Å². The molecule has 78 heavy (non-hydrogen) atoms. The molecule has 0 fully saturated rings. The molecule has 0 aliphatic heterocycles. The van der Waals surface area contributed by atoms with Gasteiger partial charge in [0.05, 0.1) is 0 Å². The van der Waals surface area contributed by atoms with Crippen molar-refractivity contribution in [1.29, 1.82) is 0 Å². The zero-order valence-electron chi connectivity index (χ0n) is 51.2. The van der Waals surface area contributed by atoms with E-state index in [1.807, 2.05) is 0 Å². The summed E-state index contributed by atoms with van der Waals surface area (Å²) < 4.78 is 16.8. The fourth-order valence-electron chi connectivity index (χ4n) is 9.18. The highest BCUT2D eigenvalue weighted by molar-refractivity contribution is 5.71. The van der Waals surface area contributed by atoms with Crippen molar-refractivity contribution in [3.63, 3.8) is 0 Å². The monoisotopic (exact) mass is 1080 g/mol. The molecule has 0 N–H and O–H groups in total. The minimum atomic E-state index is -0.805. The van der Waals surface area contributed by atoms with Crippen LogP contribution in [0.5, 0.6) is 0 Å². The summed E-state index contributed by atoms with van der Waals surface area (Å²) in [5.41, 5.74) is 0. The average molecular weight is 1080 g/mol. The Balaban J connectivity index is 4.14. The predicted octanol–water partition coefficient (Wildman–Crippen LogP) is 22.6. The van der Waals surface area contributed by atoms with Crippen molar-refractivity contribution in [2.75, 3.05) is 13.2 Å². The first-order valence-corrected chi connectivity index (χ1v) is 32.9. The molecule has 0 saturated carbocycles. The van der Waals surface area contributed by atoms with Crippen LogP contribution >= 0.6 is 0 Å². The van der Waals surface area contributed by atoms with Gasteiger partial charge in [-0.2, -0.15) is 0 Å². The molecule has 0 aromatic heterocycles. The van der Waals surface area contributed by atoms with Gasteiger partial charge in [0.25, 0.3) is 0 Å². The van der Waals surface area contributed by atoms with Crippen LogP contribution in [0.2, 0.25) is 0 Å². The summed E-state index contributed by atoms with van der Waals surface area (Å²) >= 11 is 0. The maximum absolute atomic E-state index is 12.8. The second kappa shape index (κ2) is 65.6. The van der Waals surface area contributed by atoms with Crippen LogP contribution in [0, 0.1) is 0 Å². The van der Waals surface area contributed by atoms with Crippen LogP contribution in [0.4, 0.5) is 0 Å². The van der Waals surface area contributed by atoms with Gasteiger partial charge in [0.15, 0.2) is 6.10 Å². The van der Waals surface area contributed by atoms with Crippen molar-refractivity contribution < 1.29 is 28.6 Å². The van der Waals surface area contributed by atoms with E-state index in [4.69, 9.17) is 14.2 Å². The van der Waals surface area contributed by atoms with E-state index in [1.54, 1.807) is 0 Å². The smallest absolute Gasteiger partial charge is 0.306 e. The van der Waals surface area contributed by atoms with E-state index < -0.39 is 6.10 Å². The number of rotatable bonds is 59. The van der Waals surface area contributed by atoms with Gasteiger partial charge in [0.2, 0.25) is 0 Å². The molecule has 1 unspecified atom stereocenters. The minimum Gasteiger partial charge on any atom is -0.462 e. The fraction of sp³-hybridized carbons (Fsp3) is 0.708. The van der Waals surface area contributed by atoms with E-state index in [2.05, 4.69) is 130 Å². The Hall–Kier alpha value is -3.93. The molecule has 0 radical (unpaired) electrons. The van der Waals surface area contributed by atoms with Crippen LogP contribution in [-0.2, 0) is 28.6 Å². The van der Waals surface area contributed by atoms with Crippen LogP contribution in [0.25, 0.3) is 0 Å². The number of carbonyl (C=O) groups excluding carboxylic acids is 3. The second-order valence-corrected chi connectivity index (χ2v) is 21.6. The Morgan fingerprint density at radius 2 is 0.513 bits per heavy atom. The van der Waals surface area contributed by atoms with Gasteiger partial charge in [-0.05, 0) is 96.3 Å². The molecule has 0 saturated heterocycles. The Bertz CT molecular complexity index is 1570. The Kier molecular flexibility index (Phi) is 62.3. The van der Waals surface area contributed by atoms with Gasteiger partial charge in [0.1, 0.15) is 13.2 Å². The zero-order chi connectivity index (χ0) is 56.4. The average Bonchev–Trinajstić information content (AvgIpc) is 3.44. The molecule has 6 nitrogen and oxygen atoms in total. The van der Waals surface area contributed by atoms with Crippen molar-refractivity contribution in [2.45, 2.75) is 316 Å². The van der Waals surface area contributed by atoms with Crippen molar-refractivity contribution in [2.24, 2.45) is 0 Å². The van der Waals surface area contributed by atoms with E-state index in [9.17, 15) is 14.4 Å². The third-order valence-electron chi connectivity index (χ3n) is 14.0. The fourth-order valence-corrected chi connectivity index (χ4v) is 9.18. The van der Waals surface area contributed by atoms with E-state index in [0.29, 0.717) is 19.3 Å². The SMILES string of the molecule is CC/C=C\C/C=C\C/C=C\C/C=C\C/C=C\CCCC(=O)OC(COC(=O)CCCCCCCCCCCC)COC(=O)CCCCCCCCCCCCCCCCCCCCCC/C=C\C/C=C\C/C=C\C/C=C\CC. The summed E-state index contributed by atoms with van der Waals surface area (Å²) in [5, 5.41) is 0. The number of esters is 3. The summed E-state index contributed by atoms with van der Waals surface area (Å²) in [5.74, 6) is -0.948. The molecule has 0 aliphatic carbocycles. The minimum absolute atomic E-state index is 0.0970. The Morgan fingerprint density at radius 1 is 0.269 bits per heavy atom. The highest BCUT2D eigenvalue weighted by atomic mass is 16.6. The van der Waals surface area contributed by atoms with Gasteiger partial charge in [-0.25, -0.2) is 0 Å². The quantitative estimate of drug-likeness (QED) is 0.0261. The van der Waals surface area contributed by atoms with Gasteiger partial charge in [-0.3, -0.25) is 14.4 Å². The molecule has 0 bridgehead atoms. The van der Waals surface area contributed by atoms with Crippen LogP contribution < -0.4 is 0 Å². The largest absolute Gasteiger partial charge is 0.462 e. The van der Waals surface area contributed by atoms with E-state index in [-0.39, 0.29) is 37.5 Å². The first kappa shape index (κ1) is 74.1. The van der Waals surface area contributed by atoms with E-state index in [0.717, 1.165) is 103 Å². The summed E-state index contributed by atoms with van der Waals surface area (Å²) in [7, 11) is 0. The van der Waals surface area contributed by atoms with E-state index in [1.165, 1.54) is 161 Å². The first-order chi connectivity index (χ1) is 38.5. The van der Waals surface area contributed by atoms with Gasteiger partial charge < -0.3 is 14.2 Å². The standard InChI is InChI=1S/C72H122O6/c1-4-7-10-13-16-19-22-24-26-28-29-30-31-32-33-34-35-36-37-38-39-40-41-42-43-45-46-48-50-53-56-59-62-65-71(74)77-68-69(67-76-70(73)64-61-58-55-52-21-18-15-12-9-6-3)78-72(75)66-63-60-57-54-51-49-47-44-27-25-23-20-17-14-11-8-5-2/h7-8,10-11,16-17,19-20,24-27,29-30,47,49,54,57,69H,4-6,9,12-15,18,21-23,28,31-46,48,50-53,55-56,58-68H2,1-3H3/b10-7-,11-8-,19-16-,20-17-,26-24-,27-25-,30-29-,49-47-,57-54-. The second-order valence-electron chi connectivity index (χ2n) is 21.6. The molecule has 0 aliphatic rings. The third-order valence-corrected chi connectivity index (χ3v) is 14.0. The maximum Gasteiger partial charge on any atom is 0.306 e. The normalized spacial score (nSPS) is 12.8. The third kappa shape index (κ3) is 62.9. The number of allylic oxidation sites excluding steroid dienone is 18. The lowest BCUT2D eigenvalue weighted by Crippen LogP contribution is -2.30. The number of hydrogen-bond donors (Lipinski definition) is 0. The molecular weight excluding hydrogens is 961 g/mol. The zero-order valence-corrected chi connectivity index (χ0v) is 51.2. The van der Waals surface area contributed by atoms with Crippen molar-refractivity contribution >= 4 is 17.9 Å². The number of hydrogen-bond acceptors (Lipinski definition) is 6. The van der Waals surface area contributed by atoms with Gasteiger partial charge in [-0.15, -0.1) is 0 Å². The van der Waals surface area contributed by atoms with Crippen LogP contribution in [0.3, 0.4) is 0 Å². The molecule has 0 rings (SSSR count). The number of unbranched alkanes of at least 4 members (excludes halogenated alkanes) is 30. The Morgan fingerprint density at radius 3 is 0.821 bits per heavy atom. The summed E-state index contributed by atoms with van der Waals surface area (Å²) in [6.45, 7) is 6.37. The summed E-state index contributed by atoms with van der Waals surface area (Å²) in [6, 6.07) is 0. The molecule has 0 heterocycles. The molecule has 0 aromatic rings. The maximum atomic E-state index is 12.8. The van der Waals surface area contributed by atoms with Gasteiger partial charge >= 0.3 is 17.9 Å². The molecule has 0 aromatic carbocycles. The van der Waals surface area contributed by atoms with Crippen LogP contribution in [0.1, 0.15) is 310 Å². The molecule has 1 atom stereocenters. The molecule has 0 amide bonds. The lowest BCUT2D eigenvalue weighted by atomic mass is 10.0. The van der Waals surface area contributed by atoms with Crippen LogP contribution in [0.15, 0.2) is 109 Å². The summed E-state index contributed by atoms with van der Waals surface area (Å²) in [4.78, 5) is 38.2. The topological polar surface area (TPSA) is 78.9 Å². The highest BCUT2D eigenvalue weighted by Gasteiger charge is 2.19. The predicted molar refractivity (Wildman–Crippen MR) is 339 cm³/mol.